The molecule has 0 radical (unpaired) electrons. The van der Waals surface area contributed by atoms with E-state index in [1.165, 1.54) is 44.9 Å². The largest absolute Gasteiger partial charge is 0.367 e. The summed E-state index contributed by atoms with van der Waals surface area (Å²) in [6.45, 7) is 2.04. The molecular formula is C21H33N5O. The van der Waals surface area contributed by atoms with Gasteiger partial charge < -0.3 is 15.5 Å². The number of nitrogens with one attached hydrogen (secondary N) is 2. The molecule has 0 bridgehead atoms. The van der Waals surface area contributed by atoms with Gasteiger partial charge in [0.1, 0.15) is 18.0 Å². The highest BCUT2D eigenvalue weighted by Gasteiger charge is 2.24. The number of piperidine rings is 1. The number of nitrogens with zero attached hydrogens (tertiary/aromatic N) is 3. The summed E-state index contributed by atoms with van der Waals surface area (Å²) in [7, 11) is 0. The average molecular weight is 372 g/mol. The fourth-order valence-electron chi connectivity index (χ4n) is 4.43. The van der Waals surface area contributed by atoms with Crippen LogP contribution in [0.15, 0.2) is 12.4 Å². The van der Waals surface area contributed by atoms with Crippen molar-refractivity contribution < 1.29 is 4.79 Å². The van der Waals surface area contributed by atoms with Crippen LogP contribution in [0.1, 0.15) is 70.6 Å². The van der Waals surface area contributed by atoms with Crippen molar-refractivity contribution in [3.05, 3.63) is 12.4 Å². The van der Waals surface area contributed by atoms with Gasteiger partial charge in [-0.1, -0.05) is 19.3 Å². The van der Waals surface area contributed by atoms with Crippen molar-refractivity contribution in [1.29, 1.82) is 0 Å². The van der Waals surface area contributed by atoms with Crippen molar-refractivity contribution >= 4 is 17.5 Å². The molecule has 3 fully saturated rings. The molecule has 1 aliphatic heterocycles. The van der Waals surface area contributed by atoms with Crippen LogP contribution in [0.5, 0.6) is 0 Å². The maximum Gasteiger partial charge on any atom is 0.220 e. The summed E-state index contributed by atoms with van der Waals surface area (Å²) in [5.41, 5.74) is 0. The van der Waals surface area contributed by atoms with E-state index in [-0.39, 0.29) is 5.91 Å². The third-order valence-electron chi connectivity index (χ3n) is 6.17. The Kier molecular flexibility index (Phi) is 6.10. The molecule has 1 aromatic heterocycles. The minimum Gasteiger partial charge on any atom is -0.367 e. The predicted molar refractivity (Wildman–Crippen MR) is 108 cm³/mol. The molecule has 1 aromatic rings. The van der Waals surface area contributed by atoms with Crippen LogP contribution in [0.4, 0.5) is 11.6 Å². The summed E-state index contributed by atoms with van der Waals surface area (Å²) in [5.74, 6) is 2.78. The Morgan fingerprint density at radius 1 is 1.04 bits per heavy atom. The number of carbonyl (C=O) groups excluding carboxylic acids is 1. The van der Waals surface area contributed by atoms with E-state index in [0.29, 0.717) is 24.4 Å². The van der Waals surface area contributed by atoms with E-state index >= 15 is 0 Å². The highest BCUT2D eigenvalue weighted by Crippen LogP contribution is 2.28. The monoisotopic (exact) mass is 371 g/mol. The van der Waals surface area contributed by atoms with E-state index in [1.54, 1.807) is 6.33 Å². The van der Waals surface area contributed by atoms with E-state index in [4.69, 9.17) is 0 Å². The van der Waals surface area contributed by atoms with Gasteiger partial charge in [0.2, 0.25) is 5.91 Å². The predicted octanol–water partition coefficient (Wildman–Crippen LogP) is 3.50. The maximum atomic E-state index is 12.3. The third kappa shape index (κ3) is 5.56. The molecule has 27 heavy (non-hydrogen) atoms. The van der Waals surface area contributed by atoms with Crippen LogP contribution in [0.2, 0.25) is 0 Å². The van der Waals surface area contributed by atoms with Gasteiger partial charge >= 0.3 is 0 Å². The molecule has 2 aliphatic carbocycles. The Labute approximate surface area is 162 Å². The summed E-state index contributed by atoms with van der Waals surface area (Å²) < 4.78 is 0. The van der Waals surface area contributed by atoms with Crippen LogP contribution < -0.4 is 15.5 Å². The molecule has 3 aliphatic rings. The molecule has 1 saturated heterocycles. The summed E-state index contributed by atoms with van der Waals surface area (Å²) in [4.78, 5) is 23.5. The topological polar surface area (TPSA) is 70.2 Å². The van der Waals surface area contributed by atoms with Gasteiger partial charge in [-0.05, 0) is 50.9 Å². The minimum atomic E-state index is 0.247. The molecule has 6 nitrogen and oxygen atoms in total. The number of amides is 1. The van der Waals surface area contributed by atoms with Gasteiger partial charge in [-0.3, -0.25) is 4.79 Å². The SMILES string of the molecule is O=C(CCC1CCCN(c2cc(NC3CC3)ncn2)C1)NC1CCCCC1. The van der Waals surface area contributed by atoms with E-state index in [1.807, 2.05) is 0 Å². The van der Waals surface area contributed by atoms with Gasteiger partial charge in [-0.25, -0.2) is 9.97 Å². The van der Waals surface area contributed by atoms with Crippen LogP contribution in [-0.2, 0) is 4.79 Å². The molecule has 0 spiro atoms. The molecule has 2 N–H and O–H groups in total. The van der Waals surface area contributed by atoms with Crippen molar-refractivity contribution in [2.45, 2.75) is 82.7 Å². The number of hydrogen-bond acceptors (Lipinski definition) is 5. The smallest absolute Gasteiger partial charge is 0.220 e. The number of anilines is 2. The zero-order valence-electron chi connectivity index (χ0n) is 16.3. The van der Waals surface area contributed by atoms with Gasteiger partial charge in [-0.15, -0.1) is 0 Å². The lowest BCUT2D eigenvalue weighted by Gasteiger charge is -2.33. The Balaban J connectivity index is 1.24. The van der Waals surface area contributed by atoms with Crippen molar-refractivity contribution in [1.82, 2.24) is 15.3 Å². The molecular weight excluding hydrogens is 338 g/mol. The van der Waals surface area contributed by atoms with Gasteiger partial charge in [0, 0.05) is 37.7 Å². The third-order valence-corrected chi connectivity index (χ3v) is 6.17. The zero-order valence-corrected chi connectivity index (χ0v) is 16.3. The number of rotatable bonds is 7. The number of carbonyl (C=O) groups is 1. The van der Waals surface area contributed by atoms with Crippen molar-refractivity contribution in [3.8, 4) is 0 Å². The maximum absolute atomic E-state index is 12.3. The van der Waals surface area contributed by atoms with Crippen LogP contribution >= 0.6 is 0 Å². The first-order valence-electron chi connectivity index (χ1n) is 10.9. The van der Waals surface area contributed by atoms with E-state index < -0.39 is 0 Å². The highest BCUT2D eigenvalue weighted by atomic mass is 16.1. The Morgan fingerprint density at radius 2 is 1.89 bits per heavy atom. The van der Waals surface area contributed by atoms with Crippen molar-refractivity contribution in [3.63, 3.8) is 0 Å². The summed E-state index contributed by atoms with van der Waals surface area (Å²) in [6.07, 6.45) is 14.4. The second-order valence-corrected chi connectivity index (χ2v) is 8.58. The molecule has 1 unspecified atom stereocenters. The van der Waals surface area contributed by atoms with E-state index in [9.17, 15) is 4.79 Å². The second kappa shape index (κ2) is 8.89. The Bertz CT molecular complexity index is 627. The molecule has 1 atom stereocenters. The second-order valence-electron chi connectivity index (χ2n) is 8.58. The normalized spacial score (nSPS) is 23.9. The van der Waals surface area contributed by atoms with Gasteiger partial charge in [0.15, 0.2) is 0 Å². The quantitative estimate of drug-likeness (QED) is 0.768. The lowest BCUT2D eigenvalue weighted by atomic mass is 9.92. The molecule has 6 heteroatoms. The lowest BCUT2D eigenvalue weighted by molar-refractivity contribution is -0.122. The minimum absolute atomic E-state index is 0.247. The Morgan fingerprint density at radius 3 is 2.70 bits per heavy atom. The standard InChI is InChI=1S/C21H33N5O/c27-21(25-17-6-2-1-3-7-17)11-8-16-5-4-12-26(14-16)20-13-19(22-15-23-20)24-18-9-10-18/h13,15-18H,1-12,14H2,(H,25,27)(H,22,23,24). The molecule has 4 rings (SSSR count). The fourth-order valence-corrected chi connectivity index (χ4v) is 4.43. The lowest BCUT2D eigenvalue weighted by Crippen LogP contribution is -2.38. The summed E-state index contributed by atoms with van der Waals surface area (Å²) >= 11 is 0. The Hall–Kier alpha value is -1.85. The first-order chi connectivity index (χ1) is 13.3. The van der Waals surface area contributed by atoms with Crippen LogP contribution in [0.3, 0.4) is 0 Å². The van der Waals surface area contributed by atoms with Crippen LogP contribution in [0.25, 0.3) is 0 Å². The van der Waals surface area contributed by atoms with Crippen LogP contribution in [-0.4, -0.2) is 41.0 Å². The summed E-state index contributed by atoms with van der Waals surface area (Å²) in [5, 5.41) is 6.71. The number of aromatic nitrogens is 2. The molecule has 0 aromatic carbocycles. The van der Waals surface area contributed by atoms with Gasteiger partial charge in [-0.2, -0.15) is 0 Å². The highest BCUT2D eigenvalue weighted by molar-refractivity contribution is 5.76. The number of hydrogen-bond donors (Lipinski definition) is 2. The first kappa shape index (κ1) is 18.5. The summed E-state index contributed by atoms with van der Waals surface area (Å²) in [6, 6.07) is 3.10. The molecule has 1 amide bonds. The van der Waals surface area contributed by atoms with Gasteiger partial charge in [0.25, 0.3) is 0 Å². The fraction of sp³-hybridized carbons (Fsp3) is 0.762. The van der Waals surface area contributed by atoms with Crippen LogP contribution in [0, 0.1) is 5.92 Å². The van der Waals surface area contributed by atoms with Crippen molar-refractivity contribution in [2.24, 2.45) is 5.92 Å². The molecule has 2 saturated carbocycles. The average Bonchev–Trinajstić information content (AvgIpc) is 3.52. The molecule has 148 valence electrons. The zero-order chi connectivity index (χ0) is 18.5. The first-order valence-corrected chi connectivity index (χ1v) is 10.9. The van der Waals surface area contributed by atoms with E-state index in [2.05, 4.69) is 31.6 Å². The molecule has 2 heterocycles. The van der Waals surface area contributed by atoms with Gasteiger partial charge in [0.05, 0.1) is 0 Å². The van der Waals surface area contributed by atoms with Crippen molar-refractivity contribution in [2.75, 3.05) is 23.3 Å². The van der Waals surface area contributed by atoms with E-state index in [0.717, 1.165) is 44.0 Å².